The van der Waals surface area contributed by atoms with E-state index in [4.69, 9.17) is 4.42 Å². The number of urea groups is 1. The molecule has 0 spiro atoms. The fourth-order valence-electron chi connectivity index (χ4n) is 4.03. The zero-order valence-electron chi connectivity index (χ0n) is 16.2. The van der Waals surface area contributed by atoms with E-state index in [1.54, 1.807) is 19.1 Å². The second-order valence-corrected chi connectivity index (χ2v) is 7.54. The third-order valence-electron chi connectivity index (χ3n) is 5.61. The molecule has 0 bridgehead atoms. The van der Waals surface area contributed by atoms with Crippen LogP contribution in [0.5, 0.6) is 0 Å². The van der Waals surface area contributed by atoms with Crippen LogP contribution in [0.2, 0.25) is 0 Å². The Labute approximate surface area is 172 Å². The number of benzene rings is 3. The zero-order chi connectivity index (χ0) is 20.9. The van der Waals surface area contributed by atoms with Crippen molar-refractivity contribution in [3.63, 3.8) is 0 Å². The SMILES string of the molecule is C[C@@]1(c2cccc3ccccc23)NC(=O)N(CC(=O)c2cc3ccccc3o2)C1=O. The summed E-state index contributed by atoms with van der Waals surface area (Å²) in [5, 5.41) is 5.41. The first-order chi connectivity index (χ1) is 14.5. The Morgan fingerprint density at radius 1 is 0.967 bits per heavy atom. The van der Waals surface area contributed by atoms with Crippen LogP contribution in [0.25, 0.3) is 21.7 Å². The van der Waals surface area contributed by atoms with E-state index in [-0.39, 0.29) is 12.3 Å². The van der Waals surface area contributed by atoms with Crippen LogP contribution in [0.3, 0.4) is 0 Å². The van der Waals surface area contributed by atoms with Crippen molar-refractivity contribution in [3.05, 3.63) is 84.1 Å². The number of nitrogens with zero attached hydrogens (tertiary/aromatic N) is 1. The molecule has 148 valence electrons. The van der Waals surface area contributed by atoms with Crippen LogP contribution in [0.15, 0.2) is 77.2 Å². The summed E-state index contributed by atoms with van der Waals surface area (Å²) in [4.78, 5) is 39.6. The molecule has 0 aliphatic carbocycles. The number of Topliss-reactive ketones (excluding diaryl/α,β-unsaturated/α-hetero) is 1. The molecule has 3 amide bonds. The summed E-state index contributed by atoms with van der Waals surface area (Å²) in [5.41, 5.74) is 0.0165. The van der Waals surface area contributed by atoms with Crippen molar-refractivity contribution in [3.8, 4) is 0 Å². The minimum atomic E-state index is -1.26. The van der Waals surface area contributed by atoms with Gasteiger partial charge < -0.3 is 9.73 Å². The second-order valence-electron chi connectivity index (χ2n) is 7.54. The van der Waals surface area contributed by atoms with Gasteiger partial charge in [-0.05, 0) is 35.4 Å². The van der Waals surface area contributed by atoms with E-state index in [2.05, 4.69) is 5.32 Å². The van der Waals surface area contributed by atoms with Gasteiger partial charge in [0, 0.05) is 5.39 Å². The van der Waals surface area contributed by atoms with Gasteiger partial charge >= 0.3 is 6.03 Å². The van der Waals surface area contributed by atoms with Gasteiger partial charge in [-0.3, -0.25) is 14.5 Å². The Hall–Kier alpha value is -3.93. The number of carbonyl (C=O) groups excluding carboxylic acids is 3. The van der Waals surface area contributed by atoms with E-state index in [0.717, 1.165) is 21.1 Å². The molecule has 0 radical (unpaired) electrons. The number of hydrogen-bond acceptors (Lipinski definition) is 4. The summed E-state index contributed by atoms with van der Waals surface area (Å²) >= 11 is 0. The van der Waals surface area contributed by atoms with Crippen molar-refractivity contribution >= 4 is 39.5 Å². The van der Waals surface area contributed by atoms with Gasteiger partial charge in [-0.25, -0.2) is 4.79 Å². The number of rotatable bonds is 4. The predicted molar refractivity (Wildman–Crippen MR) is 112 cm³/mol. The lowest BCUT2D eigenvalue weighted by Gasteiger charge is -2.23. The number of nitrogens with one attached hydrogen (secondary N) is 1. The first-order valence-electron chi connectivity index (χ1n) is 9.61. The summed E-state index contributed by atoms with van der Waals surface area (Å²) < 4.78 is 5.59. The van der Waals surface area contributed by atoms with Crippen molar-refractivity contribution in [2.45, 2.75) is 12.5 Å². The van der Waals surface area contributed by atoms with Crippen molar-refractivity contribution in [2.75, 3.05) is 6.54 Å². The fourth-order valence-corrected chi connectivity index (χ4v) is 4.03. The minimum Gasteiger partial charge on any atom is -0.453 e. The van der Waals surface area contributed by atoms with Gasteiger partial charge in [-0.15, -0.1) is 0 Å². The summed E-state index contributed by atoms with van der Waals surface area (Å²) in [7, 11) is 0. The Kier molecular flexibility index (Phi) is 3.96. The molecule has 1 N–H and O–H groups in total. The number of ketones is 1. The first-order valence-corrected chi connectivity index (χ1v) is 9.61. The van der Waals surface area contributed by atoms with Crippen LogP contribution in [-0.4, -0.2) is 29.2 Å². The minimum absolute atomic E-state index is 0.121. The van der Waals surface area contributed by atoms with E-state index in [1.807, 2.05) is 60.7 Å². The number of carbonyl (C=O) groups is 3. The highest BCUT2D eigenvalue weighted by atomic mass is 16.3. The highest BCUT2D eigenvalue weighted by molar-refractivity contribution is 6.12. The predicted octanol–water partition coefficient (Wildman–Crippen LogP) is 4.24. The molecular formula is C24H18N2O4. The van der Waals surface area contributed by atoms with E-state index in [9.17, 15) is 14.4 Å². The van der Waals surface area contributed by atoms with Crippen molar-refractivity contribution < 1.29 is 18.8 Å². The maximum absolute atomic E-state index is 13.3. The van der Waals surface area contributed by atoms with Gasteiger partial charge in [0.05, 0.1) is 6.54 Å². The Morgan fingerprint density at radius 2 is 1.67 bits per heavy atom. The normalized spacial score (nSPS) is 18.9. The van der Waals surface area contributed by atoms with Crippen molar-refractivity contribution in [1.29, 1.82) is 0 Å². The topological polar surface area (TPSA) is 79.6 Å². The van der Waals surface area contributed by atoms with E-state index in [1.165, 1.54) is 0 Å². The molecule has 1 aliphatic rings. The van der Waals surface area contributed by atoms with Gasteiger partial charge in [0.15, 0.2) is 5.76 Å². The van der Waals surface area contributed by atoms with Gasteiger partial charge in [-0.1, -0.05) is 60.7 Å². The summed E-state index contributed by atoms with van der Waals surface area (Å²) in [6, 6.07) is 21.6. The van der Waals surface area contributed by atoms with Crippen LogP contribution in [0.1, 0.15) is 23.0 Å². The Morgan fingerprint density at radius 3 is 2.47 bits per heavy atom. The summed E-state index contributed by atoms with van der Waals surface area (Å²) in [6.07, 6.45) is 0. The quantitative estimate of drug-likeness (QED) is 0.412. The number of hydrogen-bond donors (Lipinski definition) is 1. The number of para-hydroxylation sites is 1. The van der Waals surface area contributed by atoms with E-state index < -0.39 is 23.3 Å². The zero-order valence-corrected chi connectivity index (χ0v) is 16.2. The smallest absolute Gasteiger partial charge is 0.325 e. The van der Waals surface area contributed by atoms with E-state index >= 15 is 0 Å². The third-order valence-corrected chi connectivity index (χ3v) is 5.61. The average Bonchev–Trinajstić information content (AvgIpc) is 3.28. The number of imide groups is 1. The Bertz CT molecular complexity index is 1300. The summed E-state index contributed by atoms with van der Waals surface area (Å²) in [5.74, 6) is -0.777. The van der Waals surface area contributed by atoms with Gasteiger partial charge in [0.25, 0.3) is 5.91 Å². The molecule has 5 rings (SSSR count). The van der Waals surface area contributed by atoms with Crippen LogP contribution in [0.4, 0.5) is 4.79 Å². The lowest BCUT2D eigenvalue weighted by atomic mass is 9.88. The number of furan rings is 1. The summed E-state index contributed by atoms with van der Waals surface area (Å²) in [6.45, 7) is 1.28. The number of fused-ring (bicyclic) bond motifs is 2. The molecule has 6 nitrogen and oxygen atoms in total. The molecule has 1 atom stereocenters. The monoisotopic (exact) mass is 398 g/mol. The van der Waals surface area contributed by atoms with Gasteiger partial charge in [-0.2, -0.15) is 0 Å². The number of amides is 3. The molecule has 30 heavy (non-hydrogen) atoms. The lowest BCUT2D eigenvalue weighted by molar-refractivity contribution is -0.130. The average molecular weight is 398 g/mol. The molecule has 1 saturated heterocycles. The molecule has 1 aromatic heterocycles. The van der Waals surface area contributed by atoms with Gasteiger partial charge in [0.2, 0.25) is 5.78 Å². The second kappa shape index (κ2) is 6.56. The van der Waals surface area contributed by atoms with Crippen LogP contribution in [0, 0.1) is 0 Å². The fraction of sp³-hybridized carbons (Fsp3) is 0.125. The maximum Gasteiger partial charge on any atom is 0.325 e. The molecule has 0 unspecified atom stereocenters. The third kappa shape index (κ3) is 2.69. The van der Waals surface area contributed by atoms with Crippen LogP contribution < -0.4 is 5.32 Å². The molecule has 3 aromatic carbocycles. The standard InChI is InChI=1S/C24H18N2O4/c1-24(18-11-6-9-15-7-2-4-10-17(15)18)22(28)26(23(29)25-24)14-19(27)21-13-16-8-3-5-12-20(16)30-21/h2-13H,14H2,1H3,(H,25,29)/t24-/m0/s1. The van der Waals surface area contributed by atoms with Gasteiger partial charge in [0.1, 0.15) is 11.1 Å². The highest BCUT2D eigenvalue weighted by Gasteiger charge is 2.50. The first kappa shape index (κ1) is 18.1. The highest BCUT2D eigenvalue weighted by Crippen LogP contribution is 2.34. The lowest BCUT2D eigenvalue weighted by Crippen LogP contribution is -2.41. The molecular weight excluding hydrogens is 380 g/mol. The van der Waals surface area contributed by atoms with Crippen molar-refractivity contribution in [1.82, 2.24) is 10.2 Å². The molecule has 1 fully saturated rings. The molecule has 2 heterocycles. The van der Waals surface area contributed by atoms with E-state index in [0.29, 0.717) is 11.1 Å². The Balaban J connectivity index is 1.47. The van der Waals surface area contributed by atoms with Crippen LogP contribution >= 0.6 is 0 Å². The molecule has 1 aliphatic heterocycles. The molecule has 4 aromatic rings. The maximum atomic E-state index is 13.3. The largest absolute Gasteiger partial charge is 0.453 e. The van der Waals surface area contributed by atoms with Crippen LogP contribution in [-0.2, 0) is 10.3 Å². The van der Waals surface area contributed by atoms with Crippen molar-refractivity contribution in [2.24, 2.45) is 0 Å². The molecule has 6 heteroatoms. The molecule has 0 saturated carbocycles.